The summed E-state index contributed by atoms with van der Waals surface area (Å²) in [5.74, 6) is 0. The van der Waals surface area contributed by atoms with Gasteiger partial charge in [0.05, 0.1) is 0 Å². The Morgan fingerprint density at radius 2 is 2.20 bits per heavy atom. The van der Waals surface area contributed by atoms with Crippen LogP contribution in [0.3, 0.4) is 0 Å². The molecule has 1 rings (SSSR count). The lowest BCUT2D eigenvalue weighted by molar-refractivity contribution is 0.196. The second-order valence-corrected chi connectivity index (χ2v) is 3.90. The molecule has 0 fully saturated rings. The molecule has 1 heterocycles. The molecular formula is C11H21N3O. The van der Waals surface area contributed by atoms with E-state index in [9.17, 15) is 0 Å². The zero-order valence-corrected chi connectivity index (χ0v) is 9.58. The van der Waals surface area contributed by atoms with Gasteiger partial charge in [0, 0.05) is 30.6 Å². The zero-order chi connectivity index (χ0) is 11.1. The Hall–Kier alpha value is -0.870. The third kappa shape index (κ3) is 3.32. The van der Waals surface area contributed by atoms with E-state index in [1.54, 1.807) is 6.20 Å². The first-order chi connectivity index (χ1) is 7.26. The van der Waals surface area contributed by atoms with E-state index in [1.165, 1.54) is 0 Å². The SMILES string of the molecule is CCC(CC)(CCO)NCc1ccn[nH]1. The second-order valence-electron chi connectivity index (χ2n) is 3.90. The summed E-state index contributed by atoms with van der Waals surface area (Å²) in [6, 6.07) is 1.96. The Labute approximate surface area is 91.1 Å². The van der Waals surface area contributed by atoms with E-state index in [2.05, 4.69) is 29.4 Å². The smallest absolute Gasteiger partial charge is 0.0490 e. The number of aromatic amines is 1. The Bertz CT molecular complexity index is 255. The molecule has 4 nitrogen and oxygen atoms in total. The molecule has 0 unspecified atom stereocenters. The molecule has 0 spiro atoms. The number of nitrogens with one attached hydrogen (secondary N) is 2. The Balaban J connectivity index is 2.50. The molecular weight excluding hydrogens is 190 g/mol. The van der Waals surface area contributed by atoms with E-state index < -0.39 is 0 Å². The van der Waals surface area contributed by atoms with Crippen molar-refractivity contribution in [2.45, 2.75) is 45.2 Å². The summed E-state index contributed by atoms with van der Waals surface area (Å²) >= 11 is 0. The third-order valence-electron chi connectivity index (χ3n) is 3.16. The monoisotopic (exact) mass is 211 g/mol. The van der Waals surface area contributed by atoms with Crippen molar-refractivity contribution in [1.82, 2.24) is 15.5 Å². The number of H-pyrrole nitrogens is 1. The number of aliphatic hydroxyl groups excluding tert-OH is 1. The summed E-state index contributed by atoms with van der Waals surface area (Å²) in [5, 5.41) is 19.4. The molecule has 0 amide bonds. The van der Waals surface area contributed by atoms with Crippen molar-refractivity contribution in [3.8, 4) is 0 Å². The average molecular weight is 211 g/mol. The van der Waals surface area contributed by atoms with Crippen LogP contribution in [-0.4, -0.2) is 27.4 Å². The summed E-state index contributed by atoms with van der Waals surface area (Å²) in [7, 11) is 0. The highest BCUT2D eigenvalue weighted by molar-refractivity contribution is 4.98. The fourth-order valence-corrected chi connectivity index (χ4v) is 1.82. The molecule has 0 saturated carbocycles. The minimum absolute atomic E-state index is 0.0554. The summed E-state index contributed by atoms with van der Waals surface area (Å²) in [6.07, 6.45) is 4.60. The van der Waals surface area contributed by atoms with Crippen LogP contribution in [0.5, 0.6) is 0 Å². The predicted octanol–water partition coefficient (Wildman–Crippen LogP) is 1.44. The van der Waals surface area contributed by atoms with Gasteiger partial charge in [0.15, 0.2) is 0 Å². The van der Waals surface area contributed by atoms with Gasteiger partial charge in [-0.1, -0.05) is 13.8 Å². The van der Waals surface area contributed by atoms with Crippen LogP contribution >= 0.6 is 0 Å². The molecule has 1 aromatic rings. The highest BCUT2D eigenvalue weighted by Gasteiger charge is 2.24. The quantitative estimate of drug-likeness (QED) is 0.639. The number of hydrogen-bond donors (Lipinski definition) is 3. The van der Waals surface area contributed by atoms with Crippen LogP contribution in [0.4, 0.5) is 0 Å². The first-order valence-corrected chi connectivity index (χ1v) is 5.60. The van der Waals surface area contributed by atoms with Crippen molar-refractivity contribution in [1.29, 1.82) is 0 Å². The molecule has 0 bridgehead atoms. The molecule has 0 radical (unpaired) electrons. The normalized spacial score (nSPS) is 11.9. The summed E-state index contributed by atoms with van der Waals surface area (Å²) in [4.78, 5) is 0. The predicted molar refractivity (Wildman–Crippen MR) is 60.4 cm³/mol. The molecule has 0 saturated heterocycles. The molecule has 0 aliphatic heterocycles. The first-order valence-electron chi connectivity index (χ1n) is 5.60. The number of nitrogens with zero attached hydrogens (tertiary/aromatic N) is 1. The number of hydrogen-bond acceptors (Lipinski definition) is 3. The van der Waals surface area contributed by atoms with Crippen molar-refractivity contribution >= 4 is 0 Å². The molecule has 4 heteroatoms. The molecule has 0 atom stereocenters. The molecule has 15 heavy (non-hydrogen) atoms. The van der Waals surface area contributed by atoms with Gasteiger partial charge in [-0.05, 0) is 25.3 Å². The zero-order valence-electron chi connectivity index (χ0n) is 9.58. The minimum atomic E-state index is 0.0554. The van der Waals surface area contributed by atoms with Crippen LogP contribution in [0.25, 0.3) is 0 Å². The van der Waals surface area contributed by atoms with Gasteiger partial charge in [-0.25, -0.2) is 0 Å². The number of rotatable bonds is 7. The van der Waals surface area contributed by atoms with Crippen LogP contribution < -0.4 is 5.32 Å². The molecule has 0 aliphatic rings. The van der Waals surface area contributed by atoms with E-state index in [4.69, 9.17) is 5.11 Å². The molecule has 0 aliphatic carbocycles. The van der Waals surface area contributed by atoms with E-state index in [-0.39, 0.29) is 12.1 Å². The topological polar surface area (TPSA) is 60.9 Å². The largest absolute Gasteiger partial charge is 0.396 e. The maximum Gasteiger partial charge on any atom is 0.0490 e. The van der Waals surface area contributed by atoms with Gasteiger partial charge in [-0.15, -0.1) is 0 Å². The molecule has 0 aromatic carbocycles. The van der Waals surface area contributed by atoms with Gasteiger partial charge >= 0.3 is 0 Å². The third-order valence-corrected chi connectivity index (χ3v) is 3.16. The van der Waals surface area contributed by atoms with E-state index in [0.717, 1.165) is 31.5 Å². The van der Waals surface area contributed by atoms with Crippen molar-refractivity contribution in [3.05, 3.63) is 18.0 Å². The number of aromatic nitrogens is 2. The van der Waals surface area contributed by atoms with Crippen LogP contribution in [0.1, 0.15) is 38.8 Å². The second kappa shape index (κ2) is 5.88. The first kappa shape index (κ1) is 12.2. The summed E-state index contributed by atoms with van der Waals surface area (Å²) in [5.41, 5.74) is 1.14. The van der Waals surface area contributed by atoms with Crippen LogP contribution in [0.15, 0.2) is 12.3 Å². The van der Waals surface area contributed by atoms with E-state index in [1.807, 2.05) is 6.07 Å². The van der Waals surface area contributed by atoms with E-state index in [0.29, 0.717) is 0 Å². The summed E-state index contributed by atoms with van der Waals surface area (Å²) in [6.45, 7) is 5.32. The standard InChI is InChI=1S/C11H21N3O/c1-3-11(4-2,6-8-15)12-9-10-5-7-13-14-10/h5,7,12,15H,3-4,6,8-9H2,1-2H3,(H,13,14). The van der Waals surface area contributed by atoms with Crippen LogP contribution in [0, 0.1) is 0 Å². The van der Waals surface area contributed by atoms with Crippen molar-refractivity contribution in [2.75, 3.05) is 6.61 Å². The van der Waals surface area contributed by atoms with Gasteiger partial charge in [-0.3, -0.25) is 5.10 Å². The maximum absolute atomic E-state index is 9.06. The molecule has 1 aromatic heterocycles. The maximum atomic E-state index is 9.06. The summed E-state index contributed by atoms with van der Waals surface area (Å²) < 4.78 is 0. The van der Waals surface area contributed by atoms with Gasteiger partial charge in [0.2, 0.25) is 0 Å². The lowest BCUT2D eigenvalue weighted by Crippen LogP contribution is -2.44. The van der Waals surface area contributed by atoms with Gasteiger partial charge < -0.3 is 10.4 Å². The highest BCUT2D eigenvalue weighted by atomic mass is 16.3. The van der Waals surface area contributed by atoms with Crippen LogP contribution in [0.2, 0.25) is 0 Å². The minimum Gasteiger partial charge on any atom is -0.396 e. The molecule has 86 valence electrons. The fraction of sp³-hybridized carbons (Fsp3) is 0.727. The Morgan fingerprint density at radius 1 is 1.47 bits per heavy atom. The fourth-order valence-electron chi connectivity index (χ4n) is 1.82. The van der Waals surface area contributed by atoms with Gasteiger partial charge in [0.1, 0.15) is 0 Å². The van der Waals surface area contributed by atoms with Crippen LogP contribution in [-0.2, 0) is 6.54 Å². The Morgan fingerprint density at radius 3 is 2.67 bits per heavy atom. The highest BCUT2D eigenvalue weighted by Crippen LogP contribution is 2.19. The number of aliphatic hydroxyl groups is 1. The van der Waals surface area contributed by atoms with Crippen molar-refractivity contribution in [3.63, 3.8) is 0 Å². The Kier molecular flexibility index (Phi) is 4.78. The average Bonchev–Trinajstić information content (AvgIpc) is 2.77. The van der Waals surface area contributed by atoms with Crippen molar-refractivity contribution in [2.24, 2.45) is 0 Å². The van der Waals surface area contributed by atoms with Crippen molar-refractivity contribution < 1.29 is 5.11 Å². The van der Waals surface area contributed by atoms with Gasteiger partial charge in [0.25, 0.3) is 0 Å². The van der Waals surface area contributed by atoms with Gasteiger partial charge in [-0.2, -0.15) is 5.10 Å². The lowest BCUT2D eigenvalue weighted by Gasteiger charge is -2.32. The van der Waals surface area contributed by atoms with E-state index >= 15 is 0 Å². The molecule has 3 N–H and O–H groups in total. The lowest BCUT2D eigenvalue weighted by atomic mass is 9.89.